The number of rotatable bonds is 1. The molecule has 66 valence electrons. The molecule has 4 heteroatoms. The fourth-order valence-corrected chi connectivity index (χ4v) is 1.38. The van der Waals surface area contributed by atoms with E-state index in [1.807, 2.05) is 19.2 Å². The Labute approximate surface area is 80.8 Å². The van der Waals surface area contributed by atoms with E-state index in [1.165, 1.54) is 0 Å². The maximum absolute atomic E-state index is 5.81. The molecular formula is C9H8ClN3. The summed E-state index contributed by atoms with van der Waals surface area (Å²) in [6.45, 7) is 0. The molecule has 2 rings (SSSR count). The summed E-state index contributed by atoms with van der Waals surface area (Å²) >= 11 is 5.81. The van der Waals surface area contributed by atoms with E-state index in [-0.39, 0.29) is 0 Å². The molecule has 0 aromatic carbocycles. The zero-order valence-corrected chi connectivity index (χ0v) is 7.84. The third-order valence-corrected chi connectivity index (χ3v) is 2.01. The molecule has 0 spiro atoms. The number of pyridine rings is 2. The van der Waals surface area contributed by atoms with Gasteiger partial charge in [-0.3, -0.25) is 4.98 Å². The first-order valence-corrected chi connectivity index (χ1v) is 4.27. The van der Waals surface area contributed by atoms with Crippen LogP contribution in [0.15, 0.2) is 24.5 Å². The highest BCUT2D eigenvalue weighted by atomic mass is 35.5. The SMILES string of the molecule is CNc1nccc2cc(Cl)cnc12. The summed E-state index contributed by atoms with van der Waals surface area (Å²) in [5.74, 6) is 0.772. The lowest BCUT2D eigenvalue weighted by atomic mass is 10.2. The molecule has 0 aliphatic carbocycles. The van der Waals surface area contributed by atoms with Crippen LogP contribution < -0.4 is 5.32 Å². The van der Waals surface area contributed by atoms with Gasteiger partial charge in [-0.2, -0.15) is 0 Å². The largest absolute Gasteiger partial charge is 0.371 e. The summed E-state index contributed by atoms with van der Waals surface area (Å²) in [6.07, 6.45) is 3.35. The zero-order valence-electron chi connectivity index (χ0n) is 7.08. The van der Waals surface area contributed by atoms with E-state index in [0.717, 1.165) is 16.7 Å². The van der Waals surface area contributed by atoms with E-state index < -0.39 is 0 Å². The third-order valence-electron chi connectivity index (χ3n) is 1.80. The molecular weight excluding hydrogens is 186 g/mol. The average molecular weight is 194 g/mol. The van der Waals surface area contributed by atoms with Crippen molar-refractivity contribution in [2.24, 2.45) is 0 Å². The number of hydrogen-bond acceptors (Lipinski definition) is 3. The lowest BCUT2D eigenvalue weighted by Gasteiger charge is -2.02. The minimum atomic E-state index is 0.640. The van der Waals surface area contributed by atoms with Crippen LogP contribution in [0.4, 0.5) is 5.82 Å². The van der Waals surface area contributed by atoms with Crippen LogP contribution in [0, 0.1) is 0 Å². The van der Waals surface area contributed by atoms with Crippen molar-refractivity contribution in [3.63, 3.8) is 0 Å². The first-order chi connectivity index (χ1) is 6.31. The van der Waals surface area contributed by atoms with Gasteiger partial charge < -0.3 is 5.32 Å². The van der Waals surface area contributed by atoms with Crippen LogP contribution in [0.2, 0.25) is 5.02 Å². The van der Waals surface area contributed by atoms with Crippen molar-refractivity contribution in [3.05, 3.63) is 29.5 Å². The highest BCUT2D eigenvalue weighted by Crippen LogP contribution is 2.20. The van der Waals surface area contributed by atoms with Gasteiger partial charge in [-0.1, -0.05) is 11.6 Å². The van der Waals surface area contributed by atoms with Crippen LogP contribution in [-0.2, 0) is 0 Å². The number of nitrogens with zero attached hydrogens (tertiary/aromatic N) is 2. The summed E-state index contributed by atoms with van der Waals surface area (Å²) in [5, 5.41) is 4.60. The first kappa shape index (κ1) is 8.26. The van der Waals surface area contributed by atoms with Crippen molar-refractivity contribution < 1.29 is 0 Å². The summed E-state index contributed by atoms with van der Waals surface area (Å²) in [7, 11) is 1.82. The Balaban J connectivity index is 2.77. The quantitative estimate of drug-likeness (QED) is 0.756. The molecule has 1 N–H and O–H groups in total. The van der Waals surface area contributed by atoms with Crippen LogP contribution in [0.5, 0.6) is 0 Å². The van der Waals surface area contributed by atoms with Crippen LogP contribution in [-0.4, -0.2) is 17.0 Å². The lowest BCUT2D eigenvalue weighted by molar-refractivity contribution is 1.28. The number of nitrogens with one attached hydrogen (secondary N) is 1. The molecule has 13 heavy (non-hydrogen) atoms. The van der Waals surface area contributed by atoms with Gasteiger partial charge in [0.1, 0.15) is 5.52 Å². The normalized spacial score (nSPS) is 10.3. The highest BCUT2D eigenvalue weighted by molar-refractivity contribution is 6.31. The number of fused-ring (bicyclic) bond motifs is 1. The standard InChI is InChI=1S/C9H8ClN3/c1-11-9-8-6(2-3-12-9)4-7(10)5-13-8/h2-5H,1H3,(H,11,12). The van der Waals surface area contributed by atoms with Crippen molar-refractivity contribution in [3.8, 4) is 0 Å². The molecule has 0 aliphatic rings. The Hall–Kier alpha value is -1.35. The zero-order chi connectivity index (χ0) is 9.26. The van der Waals surface area contributed by atoms with Crippen molar-refractivity contribution in [2.75, 3.05) is 12.4 Å². The molecule has 2 heterocycles. The van der Waals surface area contributed by atoms with Crippen LogP contribution in [0.25, 0.3) is 10.9 Å². The monoisotopic (exact) mass is 193 g/mol. The van der Waals surface area contributed by atoms with Gasteiger partial charge in [0.2, 0.25) is 0 Å². The highest BCUT2D eigenvalue weighted by Gasteiger charge is 2.01. The van der Waals surface area contributed by atoms with Crippen molar-refractivity contribution >= 4 is 28.3 Å². The Kier molecular flexibility index (Phi) is 2.02. The number of halogens is 1. The molecule has 2 aromatic rings. The maximum Gasteiger partial charge on any atom is 0.152 e. The predicted molar refractivity (Wildman–Crippen MR) is 54.1 cm³/mol. The average Bonchev–Trinajstić information content (AvgIpc) is 2.16. The summed E-state index contributed by atoms with van der Waals surface area (Å²) < 4.78 is 0. The van der Waals surface area contributed by atoms with Gasteiger partial charge in [-0.15, -0.1) is 0 Å². The molecule has 0 atom stereocenters. The lowest BCUT2D eigenvalue weighted by Crippen LogP contribution is -1.94. The minimum Gasteiger partial charge on any atom is -0.371 e. The molecule has 0 bridgehead atoms. The van der Waals surface area contributed by atoms with E-state index in [4.69, 9.17) is 11.6 Å². The Morgan fingerprint density at radius 2 is 2.23 bits per heavy atom. The maximum atomic E-state index is 5.81. The summed E-state index contributed by atoms with van der Waals surface area (Å²) in [6, 6.07) is 3.75. The van der Waals surface area contributed by atoms with Gasteiger partial charge in [0, 0.05) is 24.8 Å². The molecule has 3 nitrogen and oxygen atoms in total. The molecule has 0 unspecified atom stereocenters. The van der Waals surface area contributed by atoms with E-state index in [9.17, 15) is 0 Å². The molecule has 0 amide bonds. The van der Waals surface area contributed by atoms with Crippen molar-refractivity contribution in [1.82, 2.24) is 9.97 Å². The van der Waals surface area contributed by atoms with Crippen molar-refractivity contribution in [1.29, 1.82) is 0 Å². The Morgan fingerprint density at radius 3 is 3.00 bits per heavy atom. The summed E-state index contributed by atoms with van der Waals surface area (Å²) in [4.78, 5) is 8.33. The third kappa shape index (κ3) is 1.42. The summed E-state index contributed by atoms with van der Waals surface area (Å²) in [5.41, 5.74) is 0.842. The minimum absolute atomic E-state index is 0.640. The second kappa shape index (κ2) is 3.18. The van der Waals surface area contributed by atoms with E-state index >= 15 is 0 Å². The van der Waals surface area contributed by atoms with Crippen LogP contribution in [0.3, 0.4) is 0 Å². The van der Waals surface area contributed by atoms with Crippen LogP contribution >= 0.6 is 11.6 Å². The van der Waals surface area contributed by atoms with E-state index in [0.29, 0.717) is 5.02 Å². The Bertz CT molecular complexity index is 442. The van der Waals surface area contributed by atoms with Gasteiger partial charge in [0.25, 0.3) is 0 Å². The fraction of sp³-hybridized carbons (Fsp3) is 0.111. The number of hydrogen-bond donors (Lipinski definition) is 1. The molecule has 0 radical (unpaired) electrons. The predicted octanol–water partition coefficient (Wildman–Crippen LogP) is 2.32. The Morgan fingerprint density at radius 1 is 1.38 bits per heavy atom. The molecule has 0 fully saturated rings. The van der Waals surface area contributed by atoms with Crippen LogP contribution in [0.1, 0.15) is 0 Å². The molecule has 2 aromatic heterocycles. The number of anilines is 1. The smallest absolute Gasteiger partial charge is 0.152 e. The van der Waals surface area contributed by atoms with Crippen molar-refractivity contribution in [2.45, 2.75) is 0 Å². The van der Waals surface area contributed by atoms with Gasteiger partial charge in [-0.25, -0.2) is 4.98 Å². The second-order valence-corrected chi connectivity index (χ2v) is 3.07. The van der Waals surface area contributed by atoms with E-state index in [1.54, 1.807) is 12.4 Å². The van der Waals surface area contributed by atoms with Gasteiger partial charge in [-0.05, 0) is 12.1 Å². The van der Waals surface area contributed by atoms with Gasteiger partial charge in [0.05, 0.1) is 5.02 Å². The van der Waals surface area contributed by atoms with Gasteiger partial charge in [0.15, 0.2) is 5.82 Å². The molecule has 0 aliphatic heterocycles. The second-order valence-electron chi connectivity index (χ2n) is 2.63. The molecule has 0 saturated carbocycles. The van der Waals surface area contributed by atoms with E-state index in [2.05, 4.69) is 15.3 Å². The topological polar surface area (TPSA) is 37.8 Å². The fourth-order valence-electron chi connectivity index (χ4n) is 1.22. The molecule has 0 saturated heterocycles. The first-order valence-electron chi connectivity index (χ1n) is 3.89. The number of aromatic nitrogens is 2. The van der Waals surface area contributed by atoms with Gasteiger partial charge >= 0.3 is 0 Å².